The number of fused-ring (bicyclic) bond motifs is 1. The molecule has 0 atom stereocenters. The van der Waals surface area contributed by atoms with E-state index in [4.69, 9.17) is 0 Å². The maximum Gasteiger partial charge on any atom is 0.223 e. The van der Waals surface area contributed by atoms with Crippen molar-refractivity contribution in [1.82, 2.24) is 14.9 Å². The number of carbonyl (C=O) groups excluding carboxylic acids is 1. The summed E-state index contributed by atoms with van der Waals surface area (Å²) < 4.78 is 0. The van der Waals surface area contributed by atoms with E-state index >= 15 is 0 Å². The molecule has 0 saturated heterocycles. The van der Waals surface area contributed by atoms with Crippen molar-refractivity contribution in [3.63, 3.8) is 0 Å². The van der Waals surface area contributed by atoms with Gasteiger partial charge in [-0.2, -0.15) is 0 Å². The first kappa shape index (κ1) is 21.7. The molecule has 1 aromatic heterocycles. The minimum atomic E-state index is -0.0751. The fourth-order valence-electron chi connectivity index (χ4n) is 3.54. The Morgan fingerprint density at radius 2 is 1.90 bits per heavy atom. The molecule has 6 nitrogen and oxygen atoms in total. The average Bonchev–Trinajstić information content (AvgIpc) is 2.74. The summed E-state index contributed by atoms with van der Waals surface area (Å²) in [5, 5.41) is 7.17. The zero-order valence-electron chi connectivity index (χ0n) is 18.3. The van der Waals surface area contributed by atoms with Crippen molar-refractivity contribution in [3.05, 3.63) is 48.2 Å². The smallest absolute Gasteiger partial charge is 0.223 e. The molecule has 0 fully saturated rings. The molecule has 0 radical (unpaired) electrons. The topological polar surface area (TPSA) is 70.2 Å². The van der Waals surface area contributed by atoms with Crippen LogP contribution in [0, 0.1) is 6.92 Å². The van der Waals surface area contributed by atoms with E-state index in [0.717, 1.165) is 65.9 Å². The highest BCUT2D eigenvalue weighted by molar-refractivity contribution is 5.91. The van der Waals surface area contributed by atoms with Crippen LogP contribution in [0.1, 0.15) is 32.8 Å². The first-order valence-corrected chi connectivity index (χ1v) is 10.6. The molecule has 0 aliphatic rings. The number of hydrogen-bond donors (Lipinski definition) is 2. The third-order valence-electron chi connectivity index (χ3n) is 5.28. The van der Waals surface area contributed by atoms with Gasteiger partial charge in [-0.3, -0.25) is 4.79 Å². The number of anilines is 2. The third kappa shape index (κ3) is 5.54. The summed E-state index contributed by atoms with van der Waals surface area (Å²) in [7, 11) is 0. The second-order valence-electron chi connectivity index (χ2n) is 7.49. The van der Waals surface area contributed by atoms with Crippen LogP contribution < -0.4 is 10.6 Å². The fourth-order valence-corrected chi connectivity index (χ4v) is 3.54. The van der Waals surface area contributed by atoms with Gasteiger partial charge in [0.1, 0.15) is 0 Å². The molecule has 158 valence electrons. The van der Waals surface area contributed by atoms with Gasteiger partial charge in [0.05, 0.1) is 5.52 Å². The van der Waals surface area contributed by atoms with Gasteiger partial charge < -0.3 is 15.5 Å². The highest BCUT2D eigenvalue weighted by Crippen LogP contribution is 2.29. The molecule has 2 aromatic carbocycles. The summed E-state index contributed by atoms with van der Waals surface area (Å²) in [6.45, 7) is 12.1. The number of hydrogen-bond acceptors (Lipinski definition) is 5. The normalized spacial score (nSPS) is 11.1. The maximum atomic E-state index is 11.4. The average molecular weight is 406 g/mol. The van der Waals surface area contributed by atoms with Gasteiger partial charge in [-0.15, -0.1) is 0 Å². The molecule has 3 aromatic rings. The monoisotopic (exact) mass is 405 g/mol. The van der Waals surface area contributed by atoms with Crippen molar-refractivity contribution < 1.29 is 4.79 Å². The summed E-state index contributed by atoms with van der Waals surface area (Å²) in [5.74, 6) is 0.590. The number of nitrogens with zero attached hydrogens (tertiary/aromatic N) is 3. The van der Waals surface area contributed by atoms with Gasteiger partial charge in [-0.05, 0) is 73.9 Å². The van der Waals surface area contributed by atoms with Crippen LogP contribution in [0.25, 0.3) is 22.0 Å². The standard InChI is InChI=1S/C24H31N5O/c1-5-29(6-2)13-7-12-25-24-26-16-20-14-19(9-11-23(20)28-24)22-15-21(27-18(4)30)10-8-17(22)3/h8-11,14-16H,5-7,12-13H2,1-4H3,(H,27,30)(H,25,26,28). The molecule has 1 amide bonds. The lowest BCUT2D eigenvalue weighted by Crippen LogP contribution is -2.25. The second kappa shape index (κ2) is 10.2. The summed E-state index contributed by atoms with van der Waals surface area (Å²) in [6.07, 6.45) is 2.93. The van der Waals surface area contributed by atoms with E-state index in [-0.39, 0.29) is 5.91 Å². The van der Waals surface area contributed by atoms with E-state index in [2.05, 4.69) is 58.4 Å². The van der Waals surface area contributed by atoms with Crippen LogP contribution in [-0.4, -0.2) is 47.0 Å². The van der Waals surface area contributed by atoms with Gasteiger partial charge in [0.2, 0.25) is 11.9 Å². The molecule has 0 unspecified atom stereocenters. The van der Waals surface area contributed by atoms with Gasteiger partial charge >= 0.3 is 0 Å². The lowest BCUT2D eigenvalue weighted by atomic mass is 9.98. The molecule has 6 heteroatoms. The van der Waals surface area contributed by atoms with Crippen LogP contribution >= 0.6 is 0 Å². The van der Waals surface area contributed by atoms with Crippen LogP contribution in [0.5, 0.6) is 0 Å². The number of amides is 1. The predicted molar refractivity (Wildman–Crippen MR) is 125 cm³/mol. The lowest BCUT2D eigenvalue weighted by Gasteiger charge is -2.17. The van der Waals surface area contributed by atoms with Crippen molar-refractivity contribution in [2.75, 3.05) is 36.8 Å². The molecule has 0 saturated carbocycles. The van der Waals surface area contributed by atoms with Crippen LogP contribution in [0.4, 0.5) is 11.6 Å². The van der Waals surface area contributed by atoms with Crippen LogP contribution in [-0.2, 0) is 4.79 Å². The van der Waals surface area contributed by atoms with Crippen molar-refractivity contribution in [1.29, 1.82) is 0 Å². The Kier molecular flexibility index (Phi) is 7.36. The Labute approximate surface area is 178 Å². The Bertz CT molecular complexity index is 1010. The van der Waals surface area contributed by atoms with Crippen molar-refractivity contribution in [2.24, 2.45) is 0 Å². The summed E-state index contributed by atoms with van der Waals surface area (Å²) in [5.41, 5.74) is 5.02. The zero-order valence-corrected chi connectivity index (χ0v) is 18.3. The number of aromatic nitrogens is 2. The molecule has 2 N–H and O–H groups in total. The number of aryl methyl sites for hydroxylation is 1. The quantitative estimate of drug-likeness (QED) is 0.505. The molecule has 0 spiro atoms. The molecule has 30 heavy (non-hydrogen) atoms. The third-order valence-corrected chi connectivity index (χ3v) is 5.28. The molecule has 0 aliphatic carbocycles. The van der Waals surface area contributed by atoms with Crippen molar-refractivity contribution in [3.8, 4) is 11.1 Å². The first-order valence-electron chi connectivity index (χ1n) is 10.6. The molecule has 3 rings (SSSR count). The van der Waals surface area contributed by atoms with E-state index in [1.165, 1.54) is 6.92 Å². The molecule has 0 bridgehead atoms. The van der Waals surface area contributed by atoms with Crippen LogP contribution in [0.15, 0.2) is 42.6 Å². The predicted octanol–water partition coefficient (Wildman–Crippen LogP) is 4.71. The summed E-state index contributed by atoms with van der Waals surface area (Å²) in [4.78, 5) is 22.9. The lowest BCUT2D eigenvalue weighted by molar-refractivity contribution is -0.114. The summed E-state index contributed by atoms with van der Waals surface area (Å²) >= 11 is 0. The molecular formula is C24H31N5O. The maximum absolute atomic E-state index is 11.4. The number of carbonyl (C=O) groups is 1. The SMILES string of the molecule is CCN(CC)CCCNc1ncc2cc(-c3cc(NC(C)=O)ccc3C)ccc2n1. The van der Waals surface area contributed by atoms with Crippen molar-refractivity contribution in [2.45, 2.75) is 34.1 Å². The van der Waals surface area contributed by atoms with Crippen molar-refractivity contribution >= 4 is 28.4 Å². The second-order valence-corrected chi connectivity index (χ2v) is 7.49. The Morgan fingerprint density at radius 1 is 1.10 bits per heavy atom. The first-order chi connectivity index (χ1) is 14.5. The zero-order chi connectivity index (χ0) is 21.5. The highest BCUT2D eigenvalue weighted by atomic mass is 16.1. The van der Waals surface area contributed by atoms with E-state index in [9.17, 15) is 4.79 Å². The molecule has 0 aliphatic heterocycles. The largest absolute Gasteiger partial charge is 0.354 e. The van der Waals surface area contributed by atoms with E-state index < -0.39 is 0 Å². The van der Waals surface area contributed by atoms with E-state index in [1.54, 1.807) is 0 Å². The van der Waals surface area contributed by atoms with Gasteiger partial charge in [-0.25, -0.2) is 9.97 Å². The number of nitrogens with one attached hydrogen (secondary N) is 2. The highest BCUT2D eigenvalue weighted by Gasteiger charge is 2.07. The van der Waals surface area contributed by atoms with E-state index in [1.807, 2.05) is 30.5 Å². The molecule has 1 heterocycles. The minimum Gasteiger partial charge on any atom is -0.354 e. The molecular weight excluding hydrogens is 374 g/mol. The Balaban J connectivity index is 1.73. The minimum absolute atomic E-state index is 0.0751. The van der Waals surface area contributed by atoms with Gasteiger partial charge in [-0.1, -0.05) is 26.0 Å². The fraction of sp³-hybridized carbons (Fsp3) is 0.375. The van der Waals surface area contributed by atoms with Crippen LogP contribution in [0.2, 0.25) is 0 Å². The van der Waals surface area contributed by atoms with E-state index in [0.29, 0.717) is 5.95 Å². The Morgan fingerprint density at radius 3 is 2.63 bits per heavy atom. The van der Waals surface area contributed by atoms with Crippen LogP contribution in [0.3, 0.4) is 0 Å². The summed E-state index contributed by atoms with van der Waals surface area (Å²) in [6, 6.07) is 12.1. The Hall–Kier alpha value is -2.99. The number of rotatable bonds is 9. The van der Waals surface area contributed by atoms with Gasteiger partial charge in [0.25, 0.3) is 0 Å². The van der Waals surface area contributed by atoms with Gasteiger partial charge in [0.15, 0.2) is 0 Å². The van der Waals surface area contributed by atoms with Gasteiger partial charge in [0, 0.05) is 30.7 Å². The number of benzene rings is 2.